The predicted molar refractivity (Wildman–Crippen MR) is 98.1 cm³/mol. The Morgan fingerprint density at radius 3 is 2.27 bits per heavy atom. The smallest absolute Gasteiger partial charge is 0.336 e. The Balaban J connectivity index is 2.19. The van der Waals surface area contributed by atoms with Crippen molar-refractivity contribution in [2.75, 3.05) is 0 Å². The van der Waals surface area contributed by atoms with Gasteiger partial charge in [0.2, 0.25) is 6.29 Å². The molecule has 5 heteroatoms. The number of phenolic OH excluding ortho intramolecular Hbond substituents is 1. The van der Waals surface area contributed by atoms with Crippen molar-refractivity contribution in [2.45, 2.75) is 27.1 Å². The van der Waals surface area contributed by atoms with Crippen molar-refractivity contribution in [1.29, 1.82) is 0 Å². The van der Waals surface area contributed by atoms with Crippen LogP contribution in [0.1, 0.15) is 36.7 Å². The maximum absolute atomic E-state index is 12.4. The Kier molecular flexibility index (Phi) is 6.17. The van der Waals surface area contributed by atoms with Crippen LogP contribution in [0.2, 0.25) is 0 Å². The van der Waals surface area contributed by atoms with Crippen LogP contribution < -0.4 is 4.74 Å². The van der Waals surface area contributed by atoms with Gasteiger partial charge in [-0.05, 0) is 19.1 Å². The van der Waals surface area contributed by atoms with Gasteiger partial charge in [-0.3, -0.25) is 4.79 Å². The molecule has 0 aromatic heterocycles. The third kappa shape index (κ3) is 4.72. The molecule has 136 valence electrons. The Labute approximate surface area is 152 Å². The second-order valence-electron chi connectivity index (χ2n) is 6.29. The minimum atomic E-state index is -0.839. The third-order valence-electron chi connectivity index (χ3n) is 3.62. The number of carbonyl (C=O) groups is 2. The molecule has 0 saturated carbocycles. The lowest BCUT2D eigenvalue weighted by molar-refractivity contribution is -0.164. The van der Waals surface area contributed by atoms with E-state index in [1.165, 1.54) is 12.1 Å². The summed E-state index contributed by atoms with van der Waals surface area (Å²) in [5.74, 6) is -0.871. The molecule has 1 atom stereocenters. The van der Waals surface area contributed by atoms with E-state index in [1.807, 2.05) is 19.9 Å². The van der Waals surface area contributed by atoms with Crippen LogP contribution in [-0.4, -0.2) is 23.1 Å². The highest BCUT2D eigenvalue weighted by molar-refractivity contribution is 6.10. The third-order valence-corrected chi connectivity index (χ3v) is 3.62. The first-order chi connectivity index (χ1) is 12.3. The number of carbonyl (C=O) groups excluding carboxylic acids is 2. The second kappa shape index (κ2) is 8.34. The molecule has 0 aliphatic rings. The fourth-order valence-electron chi connectivity index (χ4n) is 2.16. The van der Waals surface area contributed by atoms with E-state index in [0.29, 0.717) is 11.3 Å². The molecule has 2 aromatic rings. The molecule has 0 fully saturated rings. The topological polar surface area (TPSA) is 72.8 Å². The summed E-state index contributed by atoms with van der Waals surface area (Å²) in [5.41, 5.74) is 0.918. The van der Waals surface area contributed by atoms with Gasteiger partial charge in [-0.1, -0.05) is 50.8 Å². The van der Waals surface area contributed by atoms with Gasteiger partial charge in [0.15, 0.2) is 5.78 Å². The first-order valence-corrected chi connectivity index (χ1v) is 8.25. The Bertz CT molecular complexity index is 808. The van der Waals surface area contributed by atoms with Crippen molar-refractivity contribution >= 4 is 11.8 Å². The van der Waals surface area contributed by atoms with Crippen molar-refractivity contribution in [3.63, 3.8) is 0 Å². The zero-order valence-electron chi connectivity index (χ0n) is 15.1. The lowest BCUT2D eigenvalue weighted by Gasteiger charge is -2.22. The van der Waals surface area contributed by atoms with Gasteiger partial charge in [-0.15, -0.1) is 0 Å². The Morgan fingerprint density at radius 1 is 1.08 bits per heavy atom. The molecule has 2 aromatic carbocycles. The van der Waals surface area contributed by atoms with E-state index in [2.05, 4.69) is 6.58 Å². The molecule has 1 N–H and O–H groups in total. The van der Waals surface area contributed by atoms with E-state index < -0.39 is 12.3 Å². The van der Waals surface area contributed by atoms with Crippen molar-refractivity contribution in [3.8, 4) is 11.5 Å². The quantitative estimate of drug-likeness (QED) is 0.351. The van der Waals surface area contributed by atoms with Gasteiger partial charge in [-0.25, -0.2) is 4.79 Å². The molecule has 1 unspecified atom stereocenters. The number of ether oxygens (including phenoxy) is 2. The number of phenols is 1. The summed E-state index contributed by atoms with van der Waals surface area (Å²) in [6.45, 7) is 8.77. The second-order valence-corrected chi connectivity index (χ2v) is 6.29. The molecule has 26 heavy (non-hydrogen) atoms. The predicted octanol–water partition coefficient (Wildman–Crippen LogP) is 4.10. The van der Waals surface area contributed by atoms with Crippen LogP contribution in [0.25, 0.3) is 0 Å². The minimum absolute atomic E-state index is 0.119. The molecule has 0 aliphatic heterocycles. The number of aromatic hydroxyl groups is 1. The van der Waals surface area contributed by atoms with Crippen molar-refractivity contribution in [1.82, 2.24) is 0 Å². The molecule has 2 rings (SSSR count). The summed E-state index contributed by atoms with van der Waals surface area (Å²) in [4.78, 5) is 24.2. The van der Waals surface area contributed by atoms with E-state index >= 15 is 0 Å². The lowest BCUT2D eigenvalue weighted by Crippen LogP contribution is -2.29. The maximum atomic E-state index is 12.4. The van der Waals surface area contributed by atoms with E-state index in [9.17, 15) is 14.7 Å². The summed E-state index contributed by atoms with van der Waals surface area (Å²) < 4.78 is 10.9. The summed E-state index contributed by atoms with van der Waals surface area (Å²) in [5, 5.41) is 10.2. The highest BCUT2D eigenvalue weighted by atomic mass is 16.7. The van der Waals surface area contributed by atoms with Gasteiger partial charge >= 0.3 is 5.97 Å². The molecular formula is C21H22O5. The molecule has 0 aliphatic carbocycles. The first-order valence-electron chi connectivity index (χ1n) is 8.25. The van der Waals surface area contributed by atoms with Gasteiger partial charge < -0.3 is 14.6 Å². The highest BCUT2D eigenvalue weighted by Crippen LogP contribution is 2.27. The number of hydrogen-bond acceptors (Lipinski definition) is 5. The summed E-state index contributed by atoms with van der Waals surface area (Å²) in [7, 11) is 0. The average molecular weight is 354 g/mol. The van der Waals surface area contributed by atoms with Gasteiger partial charge in [0.1, 0.15) is 11.5 Å². The molecule has 0 amide bonds. The van der Waals surface area contributed by atoms with Crippen LogP contribution >= 0.6 is 0 Å². The maximum Gasteiger partial charge on any atom is 0.336 e. The molecule has 0 spiro atoms. The van der Waals surface area contributed by atoms with Crippen LogP contribution in [0.15, 0.2) is 60.7 Å². The zero-order chi connectivity index (χ0) is 19.3. The van der Waals surface area contributed by atoms with E-state index in [-0.39, 0.29) is 28.6 Å². The van der Waals surface area contributed by atoms with Gasteiger partial charge in [0.25, 0.3) is 0 Å². The zero-order valence-corrected chi connectivity index (χ0v) is 15.1. The van der Waals surface area contributed by atoms with Gasteiger partial charge in [0, 0.05) is 23.1 Å². The monoisotopic (exact) mass is 354 g/mol. The molecule has 0 bridgehead atoms. The normalized spacial score (nSPS) is 11.7. The van der Waals surface area contributed by atoms with Gasteiger partial charge in [-0.2, -0.15) is 0 Å². The fourth-order valence-corrected chi connectivity index (χ4v) is 2.16. The van der Waals surface area contributed by atoms with Crippen molar-refractivity contribution in [3.05, 3.63) is 71.8 Å². The first kappa shape index (κ1) is 19.2. The Morgan fingerprint density at radius 2 is 1.73 bits per heavy atom. The summed E-state index contributed by atoms with van der Waals surface area (Å²) >= 11 is 0. The standard InChI is InChI=1S/C21H22O5/c1-13(2)20(24)26-21(14(3)4)25-16-10-11-17(18(22)12-16)19(23)15-8-6-5-7-9-15/h5-12,14,21-22H,1H2,2-4H3. The number of hydrogen-bond donors (Lipinski definition) is 1. The molecule has 0 heterocycles. The Hall–Kier alpha value is -3.08. The minimum Gasteiger partial charge on any atom is -0.507 e. The molecule has 0 saturated heterocycles. The largest absolute Gasteiger partial charge is 0.507 e. The summed E-state index contributed by atoms with van der Waals surface area (Å²) in [6.07, 6.45) is -0.839. The van der Waals surface area contributed by atoms with Crippen LogP contribution in [0.3, 0.4) is 0 Å². The van der Waals surface area contributed by atoms with E-state index in [1.54, 1.807) is 37.3 Å². The molecule has 5 nitrogen and oxygen atoms in total. The number of ketones is 1. The van der Waals surface area contributed by atoms with Gasteiger partial charge in [0.05, 0.1) is 5.56 Å². The van der Waals surface area contributed by atoms with Crippen LogP contribution in [-0.2, 0) is 9.53 Å². The van der Waals surface area contributed by atoms with Crippen molar-refractivity contribution < 1.29 is 24.2 Å². The van der Waals surface area contributed by atoms with Crippen LogP contribution in [0.4, 0.5) is 0 Å². The molecule has 0 radical (unpaired) electrons. The average Bonchev–Trinajstić information content (AvgIpc) is 2.61. The number of benzene rings is 2. The van der Waals surface area contributed by atoms with E-state index in [4.69, 9.17) is 9.47 Å². The summed E-state index contributed by atoms with van der Waals surface area (Å²) in [6, 6.07) is 13.1. The van der Waals surface area contributed by atoms with Crippen LogP contribution in [0.5, 0.6) is 11.5 Å². The lowest BCUT2D eigenvalue weighted by atomic mass is 10.0. The van der Waals surface area contributed by atoms with Crippen molar-refractivity contribution in [2.24, 2.45) is 5.92 Å². The highest BCUT2D eigenvalue weighted by Gasteiger charge is 2.22. The number of esters is 1. The molecular weight excluding hydrogens is 332 g/mol. The van der Waals surface area contributed by atoms with E-state index in [0.717, 1.165) is 0 Å². The number of rotatable bonds is 7. The van der Waals surface area contributed by atoms with Crippen LogP contribution in [0, 0.1) is 5.92 Å². The SMILES string of the molecule is C=C(C)C(=O)OC(Oc1ccc(C(=O)c2ccccc2)c(O)c1)C(C)C. The fraction of sp³-hybridized carbons (Fsp3) is 0.238.